The first-order valence-electron chi connectivity index (χ1n) is 16.1. The molecule has 0 aliphatic carbocycles. The predicted octanol–water partition coefficient (Wildman–Crippen LogP) is -1.67. The van der Waals surface area contributed by atoms with Crippen LogP contribution in [0.2, 0.25) is 0 Å². The minimum atomic E-state index is -1.83. The van der Waals surface area contributed by atoms with Gasteiger partial charge in [0.05, 0.1) is 18.9 Å². The monoisotopic (exact) mass is 711 g/mol. The van der Waals surface area contributed by atoms with Crippen LogP contribution < -0.4 is 38.1 Å². The van der Waals surface area contributed by atoms with Gasteiger partial charge in [0.1, 0.15) is 30.2 Å². The van der Waals surface area contributed by atoms with Gasteiger partial charge < -0.3 is 48.3 Å². The van der Waals surface area contributed by atoms with Crippen molar-refractivity contribution in [1.82, 2.24) is 26.6 Å². The lowest BCUT2D eigenvalue weighted by atomic mass is 10.00. The number of carbonyl (C=O) groups excluding carboxylic acids is 6. The van der Waals surface area contributed by atoms with E-state index < -0.39 is 102 Å². The fourth-order valence-electron chi connectivity index (χ4n) is 4.80. The molecule has 6 atom stereocenters. The molecule has 51 heavy (non-hydrogen) atoms. The Balaban J connectivity index is 2.40. The van der Waals surface area contributed by atoms with Crippen LogP contribution in [0.4, 0.5) is 0 Å². The van der Waals surface area contributed by atoms with Crippen LogP contribution in [0.15, 0.2) is 60.7 Å². The molecule has 17 heteroatoms. The number of carbonyl (C=O) groups is 8. The molecule has 2 aromatic rings. The lowest BCUT2D eigenvalue weighted by molar-refractivity contribution is -0.147. The van der Waals surface area contributed by atoms with Crippen LogP contribution in [-0.2, 0) is 51.2 Å². The van der Waals surface area contributed by atoms with Gasteiger partial charge in [-0.1, -0.05) is 74.5 Å². The minimum absolute atomic E-state index is 0.0748. The molecule has 0 aliphatic rings. The molecule has 17 nitrogen and oxygen atoms in total. The molecule has 0 saturated carbocycles. The van der Waals surface area contributed by atoms with Crippen LogP contribution >= 0.6 is 0 Å². The number of hydrogen-bond acceptors (Lipinski definition) is 9. The number of carboxylic acids is 2. The number of hydrogen-bond donors (Lipinski definition) is 9. The van der Waals surface area contributed by atoms with E-state index >= 15 is 0 Å². The quantitative estimate of drug-likeness (QED) is 0.0749. The molecule has 0 aliphatic heterocycles. The number of primary amides is 1. The molecule has 6 amide bonds. The van der Waals surface area contributed by atoms with Crippen molar-refractivity contribution in [3.8, 4) is 0 Å². The van der Waals surface area contributed by atoms with E-state index in [9.17, 15) is 43.5 Å². The molecular formula is C34H45N7O10. The molecule has 0 radical (unpaired) electrons. The van der Waals surface area contributed by atoms with Gasteiger partial charge in [-0.25, -0.2) is 4.79 Å². The number of amides is 6. The zero-order valence-corrected chi connectivity index (χ0v) is 28.5. The first-order chi connectivity index (χ1) is 24.0. The third-order valence-corrected chi connectivity index (χ3v) is 7.52. The van der Waals surface area contributed by atoms with Gasteiger partial charge in [-0.2, -0.15) is 0 Å². The lowest BCUT2D eigenvalue weighted by Gasteiger charge is -2.28. The molecule has 0 saturated heterocycles. The normalized spacial score (nSPS) is 14.4. The van der Waals surface area contributed by atoms with E-state index in [2.05, 4.69) is 26.6 Å². The molecule has 0 heterocycles. The standard InChI is InChI=1S/C34H45N7O10/c1-18(2)28(41-29(45)19(3)35)33(49)39-23(15-21-12-8-5-9-13-21)30(46)38-24(16-26(36)42)32(48)37-22(14-20-10-6-4-7-11-20)31(47)40-25(34(50)51)17-27(43)44/h4-13,18-19,22-25,28H,14-17,35H2,1-3H3,(H2,36,42)(H,37,48)(H,38,46)(H,39,49)(H,40,47)(H,41,45)(H,43,44)(H,50,51)/t19-,22-,23-,24-,25-,28-/m0/s1. The Labute approximate surface area is 294 Å². The fourth-order valence-corrected chi connectivity index (χ4v) is 4.80. The van der Waals surface area contributed by atoms with Crippen LogP contribution in [0, 0.1) is 5.92 Å². The van der Waals surface area contributed by atoms with E-state index in [1.165, 1.54) is 6.92 Å². The van der Waals surface area contributed by atoms with Crippen LogP contribution in [0.1, 0.15) is 44.7 Å². The molecule has 2 aromatic carbocycles. The summed E-state index contributed by atoms with van der Waals surface area (Å²) in [5.74, 6) is -8.89. The van der Waals surface area contributed by atoms with Gasteiger partial charge in [0.15, 0.2) is 0 Å². The topological polar surface area (TPSA) is 289 Å². The Bertz CT molecular complexity index is 1550. The third-order valence-electron chi connectivity index (χ3n) is 7.52. The van der Waals surface area contributed by atoms with Crippen molar-refractivity contribution in [2.75, 3.05) is 0 Å². The molecule has 0 spiro atoms. The summed E-state index contributed by atoms with van der Waals surface area (Å²) < 4.78 is 0. The average Bonchev–Trinajstić information content (AvgIpc) is 3.05. The summed E-state index contributed by atoms with van der Waals surface area (Å²) >= 11 is 0. The van der Waals surface area contributed by atoms with Crippen LogP contribution in [-0.4, -0.2) is 93.8 Å². The molecule has 0 bridgehead atoms. The largest absolute Gasteiger partial charge is 0.481 e. The van der Waals surface area contributed by atoms with Gasteiger partial charge in [-0.15, -0.1) is 0 Å². The van der Waals surface area contributed by atoms with E-state index in [-0.39, 0.29) is 12.8 Å². The summed E-state index contributed by atoms with van der Waals surface area (Å²) in [5.41, 5.74) is 12.2. The zero-order chi connectivity index (χ0) is 38.2. The molecular weight excluding hydrogens is 666 g/mol. The highest BCUT2D eigenvalue weighted by molar-refractivity contribution is 5.98. The molecule has 11 N–H and O–H groups in total. The summed E-state index contributed by atoms with van der Waals surface area (Å²) in [6, 6.07) is 8.44. The first-order valence-corrected chi connectivity index (χ1v) is 16.1. The van der Waals surface area contributed by atoms with Crippen molar-refractivity contribution in [2.24, 2.45) is 17.4 Å². The number of rotatable bonds is 20. The Morgan fingerprint density at radius 3 is 1.37 bits per heavy atom. The van der Waals surface area contributed by atoms with Gasteiger partial charge in [0.25, 0.3) is 0 Å². The summed E-state index contributed by atoms with van der Waals surface area (Å²) in [6.07, 6.45) is -1.95. The SMILES string of the molecule is CC(C)[C@H](NC(=O)[C@H](C)N)C(=O)N[C@@H](Cc1ccccc1)C(=O)N[C@@H](CC(N)=O)C(=O)N[C@@H](Cc1ccccc1)C(=O)N[C@@H](CC(=O)O)C(=O)O. The maximum Gasteiger partial charge on any atom is 0.326 e. The number of aliphatic carboxylic acids is 2. The second kappa shape index (κ2) is 20.0. The van der Waals surface area contributed by atoms with Crippen LogP contribution in [0.3, 0.4) is 0 Å². The van der Waals surface area contributed by atoms with E-state index in [0.29, 0.717) is 11.1 Å². The van der Waals surface area contributed by atoms with E-state index in [4.69, 9.17) is 16.6 Å². The van der Waals surface area contributed by atoms with E-state index in [1.807, 2.05) is 0 Å². The second-order valence-corrected chi connectivity index (χ2v) is 12.2. The molecule has 0 fully saturated rings. The molecule has 276 valence electrons. The smallest absolute Gasteiger partial charge is 0.326 e. The van der Waals surface area contributed by atoms with Crippen molar-refractivity contribution in [2.45, 2.75) is 82.7 Å². The number of nitrogens with one attached hydrogen (secondary N) is 5. The Hall–Kier alpha value is -5.84. The Kier molecular flexibility index (Phi) is 16.2. The van der Waals surface area contributed by atoms with Crippen molar-refractivity contribution in [3.63, 3.8) is 0 Å². The van der Waals surface area contributed by atoms with E-state index in [0.717, 1.165) is 0 Å². The van der Waals surface area contributed by atoms with Crippen LogP contribution in [0.25, 0.3) is 0 Å². The summed E-state index contributed by atoms with van der Waals surface area (Å²) in [5, 5.41) is 30.6. The molecule has 0 aromatic heterocycles. The van der Waals surface area contributed by atoms with Gasteiger partial charge >= 0.3 is 11.9 Å². The summed E-state index contributed by atoms with van der Waals surface area (Å²) in [4.78, 5) is 101. The lowest BCUT2D eigenvalue weighted by Crippen LogP contribution is -2.60. The van der Waals surface area contributed by atoms with Crippen molar-refractivity contribution in [1.29, 1.82) is 0 Å². The van der Waals surface area contributed by atoms with Gasteiger partial charge in [0, 0.05) is 12.8 Å². The van der Waals surface area contributed by atoms with Crippen molar-refractivity contribution >= 4 is 47.4 Å². The third kappa shape index (κ3) is 14.3. The molecule has 0 unspecified atom stereocenters. The number of nitrogens with two attached hydrogens (primary N) is 2. The van der Waals surface area contributed by atoms with Gasteiger partial charge in [0.2, 0.25) is 35.4 Å². The van der Waals surface area contributed by atoms with Gasteiger partial charge in [-0.3, -0.25) is 33.6 Å². The first kappa shape index (κ1) is 41.3. The zero-order valence-electron chi connectivity index (χ0n) is 28.5. The molecule has 2 rings (SSSR count). The highest BCUT2D eigenvalue weighted by Gasteiger charge is 2.34. The summed E-state index contributed by atoms with van der Waals surface area (Å²) in [7, 11) is 0. The van der Waals surface area contributed by atoms with Crippen LogP contribution in [0.5, 0.6) is 0 Å². The van der Waals surface area contributed by atoms with Gasteiger partial charge in [-0.05, 0) is 24.0 Å². The Morgan fingerprint density at radius 2 is 0.980 bits per heavy atom. The maximum absolute atomic E-state index is 13.8. The second-order valence-electron chi connectivity index (χ2n) is 12.2. The highest BCUT2D eigenvalue weighted by Crippen LogP contribution is 2.10. The highest BCUT2D eigenvalue weighted by atomic mass is 16.4. The predicted molar refractivity (Wildman–Crippen MR) is 182 cm³/mol. The van der Waals surface area contributed by atoms with Crippen molar-refractivity contribution < 1.29 is 48.6 Å². The van der Waals surface area contributed by atoms with Crippen molar-refractivity contribution in [3.05, 3.63) is 71.8 Å². The van der Waals surface area contributed by atoms with E-state index in [1.54, 1.807) is 74.5 Å². The Morgan fingerprint density at radius 1 is 0.569 bits per heavy atom. The average molecular weight is 712 g/mol. The fraction of sp³-hybridized carbons (Fsp3) is 0.412. The minimum Gasteiger partial charge on any atom is -0.481 e. The maximum atomic E-state index is 13.8. The summed E-state index contributed by atoms with van der Waals surface area (Å²) in [6.45, 7) is 4.79. The number of carboxylic acid groups (broad SMARTS) is 2. The number of benzene rings is 2.